The summed E-state index contributed by atoms with van der Waals surface area (Å²) >= 11 is 0. The van der Waals surface area contributed by atoms with E-state index in [9.17, 15) is 13.2 Å². The number of hydrogen-bond acceptors (Lipinski definition) is 4. The molecule has 19 heavy (non-hydrogen) atoms. The van der Waals surface area contributed by atoms with Crippen molar-refractivity contribution in [2.24, 2.45) is 5.92 Å². The second kappa shape index (κ2) is 4.85. The molecule has 104 valence electrons. The van der Waals surface area contributed by atoms with Crippen LogP contribution in [0.4, 0.5) is 5.69 Å². The molecular weight excluding hydrogens is 266 g/mol. The Morgan fingerprint density at radius 1 is 1.37 bits per heavy atom. The maximum Gasteiger partial charge on any atom is 0.265 e. The van der Waals surface area contributed by atoms with E-state index in [0.717, 1.165) is 0 Å². The van der Waals surface area contributed by atoms with Crippen molar-refractivity contribution in [2.45, 2.75) is 31.8 Å². The molecular formula is C13H17NO4S. The maximum atomic E-state index is 12.1. The van der Waals surface area contributed by atoms with Crippen molar-refractivity contribution >= 4 is 21.4 Å². The monoisotopic (exact) mass is 283 g/mol. The summed E-state index contributed by atoms with van der Waals surface area (Å²) in [7, 11) is -3.33. The summed E-state index contributed by atoms with van der Waals surface area (Å²) in [5.74, 6) is 0.352. The molecule has 1 aromatic rings. The highest BCUT2D eigenvalue weighted by Gasteiger charge is 2.25. The van der Waals surface area contributed by atoms with Crippen LogP contribution in [0.5, 0.6) is 5.75 Å². The van der Waals surface area contributed by atoms with Gasteiger partial charge in [-0.25, -0.2) is 8.42 Å². The van der Waals surface area contributed by atoms with E-state index < -0.39 is 15.9 Å². The predicted octanol–water partition coefficient (Wildman–Crippen LogP) is 1.84. The number of carbonyl (C=O) groups is 1. The minimum Gasteiger partial charge on any atom is -0.479 e. The van der Waals surface area contributed by atoms with Crippen molar-refractivity contribution in [2.75, 3.05) is 11.1 Å². The highest BCUT2D eigenvalue weighted by Crippen LogP contribution is 2.32. The molecule has 0 fully saturated rings. The van der Waals surface area contributed by atoms with Gasteiger partial charge in [0.05, 0.1) is 16.3 Å². The summed E-state index contributed by atoms with van der Waals surface area (Å²) in [5.41, 5.74) is 0.410. The molecule has 5 nitrogen and oxygen atoms in total. The van der Waals surface area contributed by atoms with Gasteiger partial charge in [0.2, 0.25) is 0 Å². The zero-order chi connectivity index (χ0) is 14.2. The van der Waals surface area contributed by atoms with Gasteiger partial charge in [-0.2, -0.15) is 0 Å². The second-order valence-electron chi connectivity index (χ2n) is 5.08. The number of ether oxygens (including phenoxy) is 1. The summed E-state index contributed by atoms with van der Waals surface area (Å²) in [5, 5.41) is 2.65. The van der Waals surface area contributed by atoms with Crippen LogP contribution in [0.1, 0.15) is 20.8 Å². The van der Waals surface area contributed by atoms with Crippen molar-refractivity contribution in [3.05, 3.63) is 18.2 Å². The minimum absolute atomic E-state index is 0.0481. The average Bonchev–Trinajstić information content (AvgIpc) is 2.28. The van der Waals surface area contributed by atoms with Gasteiger partial charge in [0.25, 0.3) is 5.91 Å². The largest absolute Gasteiger partial charge is 0.479 e. The number of rotatable bonds is 3. The lowest BCUT2D eigenvalue weighted by Gasteiger charge is -2.23. The lowest BCUT2D eigenvalue weighted by Crippen LogP contribution is -2.34. The third-order valence-electron chi connectivity index (χ3n) is 2.79. The van der Waals surface area contributed by atoms with Crippen LogP contribution in [-0.2, 0) is 14.6 Å². The smallest absolute Gasteiger partial charge is 0.265 e. The Labute approximate surface area is 112 Å². The first-order valence-corrected chi connectivity index (χ1v) is 7.79. The van der Waals surface area contributed by atoms with Crippen LogP contribution in [0, 0.1) is 5.92 Å². The first-order valence-electron chi connectivity index (χ1n) is 6.14. The lowest BCUT2D eigenvalue weighted by molar-refractivity contribution is -0.122. The summed E-state index contributed by atoms with van der Waals surface area (Å²) in [6, 6.07) is 4.55. The quantitative estimate of drug-likeness (QED) is 0.918. The van der Waals surface area contributed by atoms with Gasteiger partial charge in [-0.15, -0.1) is 0 Å². The fourth-order valence-corrected chi connectivity index (χ4v) is 3.56. The van der Waals surface area contributed by atoms with E-state index in [1.54, 1.807) is 13.0 Å². The van der Waals surface area contributed by atoms with Crippen LogP contribution < -0.4 is 10.1 Å². The molecule has 1 heterocycles. The summed E-state index contributed by atoms with van der Waals surface area (Å²) in [6.45, 7) is 5.34. The fourth-order valence-electron chi connectivity index (χ4n) is 1.92. The molecule has 2 rings (SSSR count). The fraction of sp³-hybridized carbons (Fsp3) is 0.462. The molecule has 0 spiro atoms. The van der Waals surface area contributed by atoms with E-state index in [0.29, 0.717) is 11.4 Å². The van der Waals surface area contributed by atoms with Crippen molar-refractivity contribution in [3.8, 4) is 5.75 Å². The number of benzene rings is 1. The van der Waals surface area contributed by atoms with Gasteiger partial charge >= 0.3 is 0 Å². The van der Waals surface area contributed by atoms with Gasteiger partial charge in [-0.3, -0.25) is 4.79 Å². The highest BCUT2D eigenvalue weighted by molar-refractivity contribution is 7.91. The number of fused-ring (bicyclic) bond motifs is 1. The minimum atomic E-state index is -3.33. The number of sulfone groups is 1. The van der Waals surface area contributed by atoms with Gasteiger partial charge in [0.15, 0.2) is 15.9 Å². The molecule has 6 heteroatoms. The van der Waals surface area contributed by atoms with Gasteiger partial charge in [-0.05, 0) is 31.0 Å². The van der Waals surface area contributed by atoms with Crippen LogP contribution in [-0.4, -0.2) is 26.2 Å². The van der Waals surface area contributed by atoms with Gasteiger partial charge in [0.1, 0.15) is 5.75 Å². The Morgan fingerprint density at radius 3 is 2.68 bits per heavy atom. The van der Waals surface area contributed by atoms with Gasteiger partial charge < -0.3 is 10.1 Å². The molecule has 0 saturated carbocycles. The average molecular weight is 283 g/mol. The molecule has 1 unspecified atom stereocenters. The summed E-state index contributed by atoms with van der Waals surface area (Å²) in [4.78, 5) is 11.7. The molecule has 0 bridgehead atoms. The SMILES string of the molecule is CC(C)CS(=O)(=O)c1ccc2c(c1)NC(=O)C(C)O2. The molecule has 1 N–H and O–H groups in total. The van der Waals surface area contributed by atoms with Crippen molar-refractivity contribution in [1.29, 1.82) is 0 Å². The van der Waals surface area contributed by atoms with Crippen LogP contribution in [0.3, 0.4) is 0 Å². The van der Waals surface area contributed by atoms with Crippen LogP contribution in [0.2, 0.25) is 0 Å². The Balaban J connectivity index is 2.37. The molecule has 0 aromatic heterocycles. The number of amides is 1. The van der Waals surface area contributed by atoms with Crippen molar-refractivity contribution in [1.82, 2.24) is 0 Å². The highest BCUT2D eigenvalue weighted by atomic mass is 32.2. The first-order chi connectivity index (χ1) is 8.79. The molecule has 1 atom stereocenters. The van der Waals surface area contributed by atoms with E-state index in [-0.39, 0.29) is 22.5 Å². The van der Waals surface area contributed by atoms with Crippen LogP contribution >= 0.6 is 0 Å². The molecule has 1 aliphatic rings. The topological polar surface area (TPSA) is 72.5 Å². The van der Waals surface area contributed by atoms with E-state index in [1.165, 1.54) is 12.1 Å². The van der Waals surface area contributed by atoms with Gasteiger partial charge in [0, 0.05) is 0 Å². The second-order valence-corrected chi connectivity index (χ2v) is 7.12. The van der Waals surface area contributed by atoms with E-state index in [2.05, 4.69) is 5.32 Å². The normalized spacial score (nSPS) is 18.7. The number of carbonyl (C=O) groups excluding carboxylic acids is 1. The summed E-state index contributed by atoms with van der Waals surface area (Å²) in [6.07, 6.45) is -0.564. The first kappa shape index (κ1) is 13.9. The lowest BCUT2D eigenvalue weighted by atomic mass is 10.2. The molecule has 0 radical (unpaired) electrons. The van der Waals surface area contributed by atoms with Crippen LogP contribution in [0.25, 0.3) is 0 Å². The Morgan fingerprint density at radius 2 is 2.05 bits per heavy atom. The van der Waals surface area contributed by atoms with Crippen molar-refractivity contribution in [3.63, 3.8) is 0 Å². The van der Waals surface area contributed by atoms with E-state index in [4.69, 9.17) is 4.74 Å². The zero-order valence-electron chi connectivity index (χ0n) is 11.1. The Hall–Kier alpha value is -1.56. The Kier molecular flexibility index (Phi) is 3.54. The Bertz CT molecular complexity index is 607. The van der Waals surface area contributed by atoms with Crippen molar-refractivity contribution < 1.29 is 17.9 Å². The number of hydrogen-bond donors (Lipinski definition) is 1. The standard InChI is InChI=1S/C13H17NO4S/c1-8(2)7-19(16,17)10-4-5-12-11(6-10)14-13(15)9(3)18-12/h4-6,8-9H,7H2,1-3H3,(H,14,15). The van der Waals surface area contributed by atoms with Gasteiger partial charge in [-0.1, -0.05) is 13.8 Å². The molecule has 0 saturated heterocycles. The summed E-state index contributed by atoms with van der Waals surface area (Å²) < 4.78 is 29.6. The van der Waals surface area contributed by atoms with E-state index >= 15 is 0 Å². The van der Waals surface area contributed by atoms with Crippen LogP contribution in [0.15, 0.2) is 23.1 Å². The number of nitrogens with one attached hydrogen (secondary N) is 1. The molecule has 0 aliphatic carbocycles. The third-order valence-corrected chi connectivity index (χ3v) is 4.87. The predicted molar refractivity (Wildman–Crippen MR) is 72.1 cm³/mol. The third kappa shape index (κ3) is 2.89. The molecule has 1 aromatic carbocycles. The zero-order valence-corrected chi connectivity index (χ0v) is 12.0. The molecule has 1 aliphatic heterocycles. The molecule has 1 amide bonds. The maximum absolute atomic E-state index is 12.1. The van der Waals surface area contributed by atoms with E-state index in [1.807, 2.05) is 13.8 Å². The number of anilines is 1.